The quantitative estimate of drug-likeness (QED) is 0.105. The molecule has 0 amide bonds. The van der Waals surface area contributed by atoms with Gasteiger partial charge in [0, 0.05) is 144 Å². The van der Waals surface area contributed by atoms with Gasteiger partial charge in [-0.05, 0) is 6.42 Å². The van der Waals surface area contributed by atoms with Gasteiger partial charge in [0.05, 0.1) is 32.9 Å². The molecule has 7 N–H and O–H groups in total. The molecule has 0 unspecified atom stereocenters. The zero-order valence-corrected chi connectivity index (χ0v) is 27.3. The first kappa shape index (κ1) is 46.9. The number of hydrogen-bond donors (Lipinski definition) is 7. The fraction of sp³-hybridized carbons (Fsp3) is 0.733. The standard InChI is InChI=1S/C9H13NO8.C6H15NO3.4Na/c11-6(12)2-1-5(9(17)18)10(3-7(13)14)4-8(15)16;8-4-1-7(2-5-9)3-6-10;;;;/h5H,1-4H2,(H,11,12)(H,13,14)(H,15,16)(H,17,18);8-10H,1-6H2;;;;/t5-;;;;;/m0...../s1. The van der Waals surface area contributed by atoms with Gasteiger partial charge in [-0.25, -0.2) is 0 Å². The Labute approximate surface area is 274 Å². The molecule has 0 bridgehead atoms. The molecule has 0 aromatic rings. The SMILES string of the molecule is O=C(O)CC[C@@H](C(=O)O)N(CC(=O)O)CC(=O)O.OCCN(CCO)CCO.[Na].[Na].[Na].[Na]. The molecule has 0 heterocycles. The van der Waals surface area contributed by atoms with Gasteiger partial charge >= 0.3 is 23.9 Å². The summed E-state index contributed by atoms with van der Waals surface area (Å²) in [5.41, 5.74) is 0. The summed E-state index contributed by atoms with van der Waals surface area (Å²) in [6, 6.07) is -1.46. The molecule has 0 aromatic heterocycles. The van der Waals surface area contributed by atoms with Crippen molar-refractivity contribution < 1.29 is 54.9 Å². The topological polar surface area (TPSA) is 216 Å². The minimum atomic E-state index is -1.46. The Kier molecular flexibility index (Phi) is 45.1. The van der Waals surface area contributed by atoms with Crippen molar-refractivity contribution in [3.8, 4) is 0 Å². The van der Waals surface area contributed by atoms with E-state index >= 15 is 0 Å². The van der Waals surface area contributed by atoms with E-state index in [-0.39, 0.29) is 144 Å². The van der Waals surface area contributed by atoms with Gasteiger partial charge in [0.1, 0.15) is 6.04 Å². The van der Waals surface area contributed by atoms with E-state index in [1.165, 1.54) is 0 Å². The Hall–Kier alpha value is 1.68. The van der Waals surface area contributed by atoms with Crippen molar-refractivity contribution in [2.75, 3.05) is 52.5 Å². The number of aliphatic carboxylic acids is 4. The van der Waals surface area contributed by atoms with Crippen LogP contribution in [0.4, 0.5) is 0 Å². The van der Waals surface area contributed by atoms with E-state index in [2.05, 4.69) is 0 Å². The largest absolute Gasteiger partial charge is 0.481 e. The van der Waals surface area contributed by atoms with Gasteiger partial charge in [-0.1, -0.05) is 0 Å². The Bertz CT molecular complexity index is 474. The number of rotatable bonds is 15. The van der Waals surface area contributed by atoms with Crippen LogP contribution in [-0.4, -0.2) is 246 Å². The molecule has 0 aromatic carbocycles. The Morgan fingerprint density at radius 1 is 0.625 bits per heavy atom. The van der Waals surface area contributed by atoms with E-state index in [0.717, 1.165) is 0 Å². The normalized spacial score (nSPS) is 10.2. The van der Waals surface area contributed by atoms with Crippen LogP contribution in [0.15, 0.2) is 0 Å². The van der Waals surface area contributed by atoms with Gasteiger partial charge in [0.15, 0.2) is 0 Å². The monoisotopic (exact) mass is 504 g/mol. The predicted octanol–water partition coefficient (Wildman–Crippen LogP) is -4.48. The number of carboxylic acid groups (broad SMARTS) is 4. The van der Waals surface area contributed by atoms with Gasteiger partial charge in [-0.2, -0.15) is 0 Å². The molecule has 17 heteroatoms. The van der Waals surface area contributed by atoms with E-state index in [4.69, 9.17) is 35.7 Å². The van der Waals surface area contributed by atoms with Gasteiger partial charge in [-0.3, -0.25) is 29.0 Å². The molecule has 0 saturated carbocycles. The first-order chi connectivity index (χ1) is 13.1. The molecule has 0 rings (SSSR count). The number of carbonyl (C=O) groups is 4. The fourth-order valence-corrected chi connectivity index (χ4v) is 2.11. The van der Waals surface area contributed by atoms with Crippen LogP contribution in [0.2, 0.25) is 0 Å². The van der Waals surface area contributed by atoms with Crippen molar-refractivity contribution in [1.29, 1.82) is 0 Å². The molecular formula is C15H28N2Na4O11. The zero-order valence-electron chi connectivity index (χ0n) is 19.3. The second kappa shape index (κ2) is 30.7. The van der Waals surface area contributed by atoms with Gasteiger partial charge in [0.25, 0.3) is 0 Å². The minimum absolute atomic E-state index is 0. The summed E-state index contributed by atoms with van der Waals surface area (Å²) in [4.78, 5) is 44.8. The third-order valence-corrected chi connectivity index (χ3v) is 3.28. The summed E-state index contributed by atoms with van der Waals surface area (Å²) >= 11 is 0. The molecule has 0 aliphatic heterocycles. The first-order valence-corrected chi connectivity index (χ1v) is 8.26. The summed E-state index contributed by atoms with van der Waals surface area (Å²) in [6.45, 7) is 0.176. The average Bonchev–Trinajstić information content (AvgIpc) is 2.54. The maximum Gasteiger partial charge on any atom is 0.320 e. The van der Waals surface area contributed by atoms with Crippen LogP contribution in [0.1, 0.15) is 12.8 Å². The summed E-state index contributed by atoms with van der Waals surface area (Å²) < 4.78 is 0. The van der Waals surface area contributed by atoms with Crippen molar-refractivity contribution in [2.45, 2.75) is 18.9 Å². The predicted molar refractivity (Wildman–Crippen MR) is 116 cm³/mol. The van der Waals surface area contributed by atoms with Gasteiger partial charge in [0.2, 0.25) is 0 Å². The molecule has 0 fully saturated rings. The van der Waals surface area contributed by atoms with E-state index < -0.39 is 49.4 Å². The molecule has 32 heavy (non-hydrogen) atoms. The van der Waals surface area contributed by atoms with Crippen LogP contribution >= 0.6 is 0 Å². The van der Waals surface area contributed by atoms with E-state index in [1.54, 1.807) is 4.90 Å². The maximum absolute atomic E-state index is 10.9. The number of hydrogen-bond acceptors (Lipinski definition) is 9. The number of aliphatic hydroxyl groups is 3. The molecular weight excluding hydrogens is 476 g/mol. The second-order valence-corrected chi connectivity index (χ2v) is 5.49. The van der Waals surface area contributed by atoms with Crippen molar-refractivity contribution >= 4 is 142 Å². The Morgan fingerprint density at radius 2 is 0.969 bits per heavy atom. The second-order valence-electron chi connectivity index (χ2n) is 5.49. The maximum atomic E-state index is 10.9. The van der Waals surface area contributed by atoms with Crippen molar-refractivity contribution in [1.82, 2.24) is 9.80 Å². The molecule has 4 radical (unpaired) electrons. The smallest absolute Gasteiger partial charge is 0.320 e. The van der Waals surface area contributed by atoms with Crippen molar-refractivity contribution in [3.63, 3.8) is 0 Å². The minimum Gasteiger partial charge on any atom is -0.481 e. The molecule has 13 nitrogen and oxygen atoms in total. The summed E-state index contributed by atoms with van der Waals surface area (Å²) in [7, 11) is 0. The zero-order chi connectivity index (χ0) is 22.1. The third-order valence-electron chi connectivity index (χ3n) is 3.28. The Balaban J connectivity index is -0.000000106. The fourth-order valence-electron chi connectivity index (χ4n) is 2.11. The summed E-state index contributed by atoms with van der Waals surface area (Å²) in [6.07, 6.45) is -0.863. The molecule has 0 spiro atoms. The molecule has 0 aliphatic carbocycles. The third kappa shape index (κ3) is 29.7. The molecule has 1 atom stereocenters. The number of carboxylic acids is 4. The van der Waals surface area contributed by atoms with Crippen LogP contribution in [0.25, 0.3) is 0 Å². The van der Waals surface area contributed by atoms with Crippen molar-refractivity contribution in [3.05, 3.63) is 0 Å². The average molecular weight is 504 g/mol. The number of aliphatic hydroxyl groups excluding tert-OH is 3. The first-order valence-electron chi connectivity index (χ1n) is 8.26. The van der Waals surface area contributed by atoms with E-state index in [0.29, 0.717) is 24.5 Å². The molecule has 168 valence electrons. The van der Waals surface area contributed by atoms with E-state index in [1.807, 2.05) is 0 Å². The summed E-state index contributed by atoms with van der Waals surface area (Å²) in [5, 5.41) is 59.9. The summed E-state index contributed by atoms with van der Waals surface area (Å²) in [5.74, 6) is -5.48. The molecule has 0 saturated heterocycles. The molecule has 0 aliphatic rings. The van der Waals surface area contributed by atoms with Crippen LogP contribution in [0, 0.1) is 0 Å². The van der Waals surface area contributed by atoms with Crippen LogP contribution < -0.4 is 0 Å². The van der Waals surface area contributed by atoms with E-state index in [9.17, 15) is 19.2 Å². The van der Waals surface area contributed by atoms with Gasteiger partial charge in [-0.15, -0.1) is 0 Å². The number of nitrogens with zero attached hydrogens (tertiary/aromatic N) is 2. The van der Waals surface area contributed by atoms with Crippen LogP contribution in [0.3, 0.4) is 0 Å². The van der Waals surface area contributed by atoms with Gasteiger partial charge < -0.3 is 35.7 Å². The van der Waals surface area contributed by atoms with Crippen molar-refractivity contribution in [2.24, 2.45) is 0 Å². The Morgan fingerprint density at radius 3 is 1.19 bits per heavy atom. The van der Waals surface area contributed by atoms with Crippen LogP contribution in [-0.2, 0) is 19.2 Å². The van der Waals surface area contributed by atoms with Crippen LogP contribution in [0.5, 0.6) is 0 Å².